The molecule has 0 spiro atoms. The molecule has 0 radical (unpaired) electrons. The molecule has 0 aliphatic carbocycles. The average molecular weight is 376 g/mol. The zero-order chi connectivity index (χ0) is 19.7. The number of ether oxygens (including phenoxy) is 1. The summed E-state index contributed by atoms with van der Waals surface area (Å²) in [6.07, 6.45) is 0. The van der Waals surface area contributed by atoms with Crippen molar-refractivity contribution < 1.29 is 9.84 Å². The van der Waals surface area contributed by atoms with E-state index >= 15 is 0 Å². The second-order valence-electron chi connectivity index (χ2n) is 7.47. The smallest absolute Gasteiger partial charge is 0.158 e. The molecule has 1 aliphatic heterocycles. The fourth-order valence-corrected chi connectivity index (χ4v) is 3.65. The maximum Gasteiger partial charge on any atom is 0.158 e. The third-order valence-corrected chi connectivity index (χ3v) is 4.93. The molecule has 6 heteroatoms. The van der Waals surface area contributed by atoms with Crippen LogP contribution in [0.2, 0.25) is 0 Å². The number of rotatable bonds is 5. The van der Waals surface area contributed by atoms with Crippen LogP contribution in [0.4, 0.5) is 17.3 Å². The van der Waals surface area contributed by atoms with Crippen LogP contribution in [-0.2, 0) is 12.0 Å². The summed E-state index contributed by atoms with van der Waals surface area (Å²) in [5, 5.41) is 12.7. The van der Waals surface area contributed by atoms with Gasteiger partial charge in [0.2, 0.25) is 0 Å². The SMILES string of the molecule is CNc1nc(CO)nc2c1C(C)(C)CN2c1ccc(Oc2ccccc2)cc1. The quantitative estimate of drug-likeness (QED) is 0.694. The molecule has 0 amide bonds. The van der Waals surface area contributed by atoms with Crippen LogP contribution in [-0.4, -0.2) is 28.7 Å². The Morgan fingerprint density at radius 3 is 2.36 bits per heavy atom. The van der Waals surface area contributed by atoms with Crippen LogP contribution in [0.1, 0.15) is 25.2 Å². The summed E-state index contributed by atoms with van der Waals surface area (Å²) in [5.41, 5.74) is 1.97. The highest BCUT2D eigenvalue weighted by Crippen LogP contribution is 2.46. The molecule has 6 nitrogen and oxygen atoms in total. The molecule has 2 heterocycles. The minimum Gasteiger partial charge on any atom is -0.457 e. The van der Waals surface area contributed by atoms with Crippen molar-refractivity contribution in [1.82, 2.24) is 9.97 Å². The van der Waals surface area contributed by atoms with Gasteiger partial charge in [-0.2, -0.15) is 0 Å². The molecule has 3 aromatic rings. The molecule has 2 N–H and O–H groups in total. The van der Waals surface area contributed by atoms with Gasteiger partial charge in [-0.05, 0) is 36.4 Å². The molecule has 0 fully saturated rings. The standard InChI is InChI=1S/C22H24N4O2/c1-22(2)14-26(21-19(22)20(23-3)24-18(13-27)25-21)15-9-11-17(12-10-15)28-16-7-5-4-6-8-16/h4-12,27H,13-14H2,1-3H3,(H,23,24,25). The van der Waals surface area contributed by atoms with Gasteiger partial charge in [-0.15, -0.1) is 0 Å². The van der Waals surface area contributed by atoms with E-state index < -0.39 is 0 Å². The third kappa shape index (κ3) is 3.27. The second kappa shape index (κ2) is 7.13. The molecule has 0 bridgehead atoms. The minimum absolute atomic E-state index is 0.124. The lowest BCUT2D eigenvalue weighted by atomic mass is 9.88. The van der Waals surface area contributed by atoms with Crippen LogP contribution < -0.4 is 15.0 Å². The maximum atomic E-state index is 9.56. The van der Waals surface area contributed by atoms with Gasteiger partial charge in [0.1, 0.15) is 29.7 Å². The van der Waals surface area contributed by atoms with Gasteiger partial charge in [-0.1, -0.05) is 32.0 Å². The Morgan fingerprint density at radius 2 is 1.71 bits per heavy atom. The van der Waals surface area contributed by atoms with Gasteiger partial charge in [0.05, 0.1) is 0 Å². The predicted molar refractivity (Wildman–Crippen MR) is 110 cm³/mol. The Hall–Kier alpha value is -3.12. The van der Waals surface area contributed by atoms with Crippen LogP contribution in [0.25, 0.3) is 0 Å². The van der Waals surface area contributed by atoms with Gasteiger partial charge >= 0.3 is 0 Å². The predicted octanol–water partition coefficient (Wildman–Crippen LogP) is 4.23. The minimum atomic E-state index is -0.194. The summed E-state index contributed by atoms with van der Waals surface area (Å²) in [4.78, 5) is 11.2. The molecular weight excluding hydrogens is 352 g/mol. The number of hydrogen-bond acceptors (Lipinski definition) is 6. The first-order chi connectivity index (χ1) is 13.5. The molecule has 0 saturated carbocycles. The van der Waals surface area contributed by atoms with E-state index in [1.165, 1.54) is 0 Å². The number of benzene rings is 2. The normalized spacial score (nSPS) is 14.6. The first-order valence-electron chi connectivity index (χ1n) is 9.32. The van der Waals surface area contributed by atoms with Crippen molar-refractivity contribution in [2.45, 2.75) is 25.9 Å². The van der Waals surface area contributed by atoms with Gasteiger partial charge in [-0.3, -0.25) is 0 Å². The first-order valence-corrected chi connectivity index (χ1v) is 9.32. The molecule has 0 atom stereocenters. The zero-order valence-electron chi connectivity index (χ0n) is 16.3. The average Bonchev–Trinajstić information content (AvgIpc) is 2.99. The van der Waals surface area contributed by atoms with E-state index in [0.717, 1.165) is 40.9 Å². The van der Waals surface area contributed by atoms with E-state index in [-0.39, 0.29) is 12.0 Å². The molecular formula is C22H24N4O2. The van der Waals surface area contributed by atoms with Crippen molar-refractivity contribution >= 4 is 17.3 Å². The molecule has 4 rings (SSSR count). The van der Waals surface area contributed by atoms with E-state index in [0.29, 0.717) is 5.82 Å². The van der Waals surface area contributed by atoms with Gasteiger partial charge in [0.15, 0.2) is 5.82 Å². The van der Waals surface area contributed by atoms with Crippen molar-refractivity contribution in [2.24, 2.45) is 0 Å². The third-order valence-electron chi connectivity index (χ3n) is 4.93. The number of aliphatic hydroxyl groups is 1. The fourth-order valence-electron chi connectivity index (χ4n) is 3.65. The van der Waals surface area contributed by atoms with Gasteiger partial charge in [-0.25, -0.2) is 9.97 Å². The summed E-state index contributed by atoms with van der Waals surface area (Å²) >= 11 is 0. The highest BCUT2D eigenvalue weighted by Gasteiger charge is 2.40. The second-order valence-corrected chi connectivity index (χ2v) is 7.47. The Labute approximate surface area is 164 Å². The fraction of sp³-hybridized carbons (Fsp3) is 0.273. The van der Waals surface area contributed by atoms with E-state index in [4.69, 9.17) is 4.74 Å². The summed E-state index contributed by atoms with van der Waals surface area (Å²) in [6.45, 7) is 4.95. The van der Waals surface area contributed by atoms with Crippen LogP contribution in [0, 0.1) is 0 Å². The first kappa shape index (κ1) is 18.3. The van der Waals surface area contributed by atoms with E-state index in [1.54, 1.807) is 0 Å². The zero-order valence-corrected chi connectivity index (χ0v) is 16.3. The number of aliphatic hydroxyl groups excluding tert-OH is 1. The van der Waals surface area contributed by atoms with E-state index in [9.17, 15) is 5.11 Å². The summed E-state index contributed by atoms with van der Waals surface area (Å²) < 4.78 is 5.89. The van der Waals surface area contributed by atoms with Crippen LogP contribution in [0.5, 0.6) is 11.5 Å². The van der Waals surface area contributed by atoms with Gasteiger partial charge < -0.3 is 20.1 Å². The Morgan fingerprint density at radius 1 is 1.04 bits per heavy atom. The Kier molecular flexibility index (Phi) is 4.65. The molecule has 28 heavy (non-hydrogen) atoms. The number of fused-ring (bicyclic) bond motifs is 1. The number of aromatic nitrogens is 2. The molecule has 1 aliphatic rings. The number of anilines is 3. The van der Waals surface area contributed by atoms with Crippen LogP contribution in [0.3, 0.4) is 0 Å². The monoisotopic (exact) mass is 376 g/mol. The lowest BCUT2D eigenvalue weighted by Crippen LogP contribution is -2.25. The summed E-state index contributed by atoms with van der Waals surface area (Å²) in [5.74, 6) is 3.61. The highest BCUT2D eigenvalue weighted by molar-refractivity contribution is 5.74. The number of hydrogen-bond donors (Lipinski definition) is 2. The lowest BCUT2D eigenvalue weighted by Gasteiger charge is -2.22. The van der Waals surface area contributed by atoms with Crippen molar-refractivity contribution in [1.29, 1.82) is 0 Å². The topological polar surface area (TPSA) is 70.5 Å². The maximum absolute atomic E-state index is 9.56. The highest BCUT2D eigenvalue weighted by atomic mass is 16.5. The molecule has 0 unspecified atom stereocenters. The number of nitrogens with zero attached hydrogens (tertiary/aromatic N) is 3. The van der Waals surface area contributed by atoms with Crippen LogP contribution in [0.15, 0.2) is 54.6 Å². The Balaban J connectivity index is 1.68. The number of para-hydroxylation sites is 1. The van der Waals surface area contributed by atoms with E-state index in [1.807, 2.05) is 61.6 Å². The molecule has 0 saturated heterocycles. The molecule has 1 aromatic heterocycles. The lowest BCUT2D eigenvalue weighted by molar-refractivity contribution is 0.271. The summed E-state index contributed by atoms with van der Waals surface area (Å²) in [7, 11) is 1.85. The molecule has 2 aromatic carbocycles. The summed E-state index contributed by atoms with van der Waals surface area (Å²) in [6, 6.07) is 17.7. The largest absolute Gasteiger partial charge is 0.457 e. The van der Waals surface area contributed by atoms with Gasteiger partial charge in [0.25, 0.3) is 0 Å². The van der Waals surface area contributed by atoms with Crippen LogP contribution >= 0.6 is 0 Å². The van der Waals surface area contributed by atoms with Crippen molar-refractivity contribution in [3.63, 3.8) is 0 Å². The van der Waals surface area contributed by atoms with E-state index in [2.05, 4.69) is 34.0 Å². The van der Waals surface area contributed by atoms with Crippen molar-refractivity contribution in [3.8, 4) is 11.5 Å². The van der Waals surface area contributed by atoms with Gasteiger partial charge in [0, 0.05) is 30.3 Å². The number of nitrogens with one attached hydrogen (secondary N) is 1. The van der Waals surface area contributed by atoms with Crippen molar-refractivity contribution in [2.75, 3.05) is 23.8 Å². The van der Waals surface area contributed by atoms with Crippen molar-refractivity contribution in [3.05, 3.63) is 66.0 Å². The molecule has 144 valence electrons. The Bertz CT molecular complexity index is 972.